The lowest BCUT2D eigenvalue weighted by atomic mass is 10.1. The number of hydrogen-bond donors (Lipinski definition) is 2. The number of rotatable bonds is 7. The second-order valence-corrected chi connectivity index (χ2v) is 7.94. The fourth-order valence-corrected chi connectivity index (χ4v) is 4.39. The number of methoxy groups -OCH3 is 2. The first-order valence-corrected chi connectivity index (χ1v) is 11.0. The highest BCUT2D eigenvalue weighted by Gasteiger charge is 2.17. The maximum atomic E-state index is 5.37. The SMILES string of the molecule is CCc1cccc2c(C3=NNC(=NCCc4ccc(OC)c(OC)c4)SC3)c[nH]c12. The number of amidine groups is 1. The zero-order valence-corrected chi connectivity index (χ0v) is 18.3. The molecule has 3 aromatic rings. The van der Waals surface area contributed by atoms with E-state index in [2.05, 4.69) is 51.8 Å². The Kier molecular flexibility index (Phi) is 6.28. The monoisotopic (exact) mass is 422 g/mol. The van der Waals surface area contributed by atoms with Crippen LogP contribution in [0.2, 0.25) is 0 Å². The van der Waals surface area contributed by atoms with Gasteiger partial charge < -0.3 is 14.5 Å². The van der Waals surface area contributed by atoms with Gasteiger partial charge in [0.1, 0.15) is 0 Å². The summed E-state index contributed by atoms with van der Waals surface area (Å²) < 4.78 is 10.7. The molecule has 2 N–H and O–H groups in total. The molecule has 0 unspecified atom stereocenters. The van der Waals surface area contributed by atoms with E-state index in [4.69, 9.17) is 9.47 Å². The number of hydrogen-bond acceptors (Lipinski definition) is 5. The van der Waals surface area contributed by atoms with E-state index in [9.17, 15) is 0 Å². The molecule has 4 rings (SSSR count). The van der Waals surface area contributed by atoms with Crippen molar-refractivity contribution in [3.05, 3.63) is 59.3 Å². The topological polar surface area (TPSA) is 71.0 Å². The maximum Gasteiger partial charge on any atom is 0.177 e. The number of ether oxygens (including phenoxy) is 2. The Morgan fingerprint density at radius 2 is 2.00 bits per heavy atom. The first kappa shape index (κ1) is 20.3. The number of aliphatic imine (C=N–C) groups is 1. The lowest BCUT2D eigenvalue weighted by Crippen LogP contribution is -2.25. The van der Waals surface area contributed by atoms with Crippen molar-refractivity contribution in [1.82, 2.24) is 10.4 Å². The van der Waals surface area contributed by atoms with Gasteiger partial charge in [0.05, 0.1) is 19.9 Å². The van der Waals surface area contributed by atoms with Crippen molar-refractivity contribution in [1.29, 1.82) is 0 Å². The summed E-state index contributed by atoms with van der Waals surface area (Å²) in [7, 11) is 3.29. The number of aromatic nitrogens is 1. The van der Waals surface area contributed by atoms with Crippen molar-refractivity contribution < 1.29 is 9.47 Å². The van der Waals surface area contributed by atoms with E-state index < -0.39 is 0 Å². The molecule has 2 heterocycles. The van der Waals surface area contributed by atoms with Gasteiger partial charge in [-0.2, -0.15) is 5.10 Å². The first-order valence-electron chi connectivity index (χ1n) is 10.0. The van der Waals surface area contributed by atoms with Crippen LogP contribution >= 0.6 is 11.8 Å². The van der Waals surface area contributed by atoms with Crippen LogP contribution in [-0.4, -0.2) is 42.4 Å². The fraction of sp³-hybridized carbons (Fsp3) is 0.304. The lowest BCUT2D eigenvalue weighted by Gasteiger charge is -2.14. The molecular formula is C23H26N4O2S. The summed E-state index contributed by atoms with van der Waals surface area (Å²) in [5.74, 6) is 2.28. The van der Waals surface area contributed by atoms with Gasteiger partial charge in [-0.1, -0.05) is 43.0 Å². The van der Waals surface area contributed by atoms with Gasteiger partial charge in [0.2, 0.25) is 0 Å². The molecule has 30 heavy (non-hydrogen) atoms. The summed E-state index contributed by atoms with van der Waals surface area (Å²) in [5.41, 5.74) is 9.01. The minimum atomic E-state index is 0.683. The van der Waals surface area contributed by atoms with Crippen molar-refractivity contribution in [3.63, 3.8) is 0 Å². The molecule has 0 aliphatic carbocycles. The van der Waals surface area contributed by atoms with Crippen LogP contribution in [0, 0.1) is 0 Å². The summed E-state index contributed by atoms with van der Waals surface area (Å²) in [5, 5.41) is 6.67. The predicted molar refractivity (Wildman–Crippen MR) is 125 cm³/mol. The molecule has 0 bridgehead atoms. The van der Waals surface area contributed by atoms with E-state index in [1.54, 1.807) is 26.0 Å². The number of para-hydroxylation sites is 1. The molecule has 156 valence electrons. The quantitative estimate of drug-likeness (QED) is 0.593. The van der Waals surface area contributed by atoms with Gasteiger partial charge in [-0.3, -0.25) is 10.4 Å². The Bertz CT molecular complexity index is 1100. The maximum absolute atomic E-state index is 5.37. The summed E-state index contributed by atoms with van der Waals surface area (Å²) in [6.45, 7) is 2.86. The highest BCUT2D eigenvalue weighted by molar-refractivity contribution is 8.14. The average Bonchev–Trinajstić information content (AvgIpc) is 3.23. The number of nitrogens with one attached hydrogen (secondary N) is 2. The number of H-pyrrole nitrogens is 1. The van der Waals surface area contributed by atoms with Gasteiger partial charge in [-0.25, -0.2) is 0 Å². The fourth-order valence-electron chi connectivity index (χ4n) is 3.61. The first-order chi connectivity index (χ1) is 14.7. The average molecular weight is 423 g/mol. The van der Waals surface area contributed by atoms with E-state index >= 15 is 0 Å². The Balaban J connectivity index is 1.41. The molecule has 2 aromatic carbocycles. The zero-order valence-electron chi connectivity index (χ0n) is 17.5. The van der Waals surface area contributed by atoms with Crippen LogP contribution in [0.5, 0.6) is 11.5 Å². The molecule has 6 nitrogen and oxygen atoms in total. The highest BCUT2D eigenvalue weighted by atomic mass is 32.2. The van der Waals surface area contributed by atoms with Crippen LogP contribution in [0.1, 0.15) is 23.6 Å². The van der Waals surface area contributed by atoms with E-state index in [1.807, 2.05) is 18.2 Å². The number of thioether (sulfide) groups is 1. The summed E-state index contributed by atoms with van der Waals surface area (Å²) >= 11 is 1.69. The van der Waals surface area contributed by atoms with Crippen molar-refractivity contribution in [3.8, 4) is 11.5 Å². The Labute approximate surface area is 180 Å². The number of hydrazone groups is 1. The number of nitrogens with zero attached hydrogens (tertiary/aromatic N) is 2. The number of fused-ring (bicyclic) bond motifs is 1. The van der Waals surface area contributed by atoms with Gasteiger partial charge in [-0.05, 0) is 36.1 Å². The normalized spacial score (nSPS) is 15.2. The van der Waals surface area contributed by atoms with E-state index in [0.29, 0.717) is 6.54 Å². The van der Waals surface area contributed by atoms with Gasteiger partial charge in [0.25, 0.3) is 0 Å². The van der Waals surface area contributed by atoms with Crippen LogP contribution < -0.4 is 14.9 Å². The van der Waals surface area contributed by atoms with Crippen LogP contribution in [0.3, 0.4) is 0 Å². The molecule has 1 aliphatic rings. The highest BCUT2D eigenvalue weighted by Crippen LogP contribution is 2.28. The van der Waals surface area contributed by atoms with Crippen molar-refractivity contribution in [2.24, 2.45) is 10.1 Å². The largest absolute Gasteiger partial charge is 0.493 e. The molecule has 0 atom stereocenters. The van der Waals surface area contributed by atoms with E-state index in [0.717, 1.165) is 52.1 Å². The second kappa shape index (κ2) is 9.26. The summed E-state index contributed by atoms with van der Waals surface area (Å²) in [4.78, 5) is 8.08. The Hall–Kier alpha value is -2.93. The van der Waals surface area contributed by atoms with Crippen molar-refractivity contribution in [2.45, 2.75) is 19.8 Å². The Morgan fingerprint density at radius 3 is 2.73 bits per heavy atom. The Morgan fingerprint density at radius 1 is 1.13 bits per heavy atom. The van der Waals surface area contributed by atoms with Gasteiger partial charge >= 0.3 is 0 Å². The molecule has 0 saturated heterocycles. The van der Waals surface area contributed by atoms with Gasteiger partial charge in [-0.15, -0.1) is 0 Å². The van der Waals surface area contributed by atoms with Gasteiger partial charge in [0, 0.05) is 35.0 Å². The summed E-state index contributed by atoms with van der Waals surface area (Å²) in [6, 6.07) is 12.4. The number of aryl methyl sites for hydroxylation is 1. The molecule has 7 heteroatoms. The number of benzene rings is 2. The zero-order chi connectivity index (χ0) is 20.9. The molecule has 1 aromatic heterocycles. The molecule has 0 radical (unpaired) electrons. The minimum absolute atomic E-state index is 0.683. The summed E-state index contributed by atoms with van der Waals surface area (Å²) in [6.07, 6.45) is 3.89. The predicted octanol–water partition coefficient (Wildman–Crippen LogP) is 4.39. The van der Waals surface area contributed by atoms with Gasteiger partial charge in [0.15, 0.2) is 16.7 Å². The third-order valence-corrected chi connectivity index (χ3v) is 6.14. The van der Waals surface area contributed by atoms with Crippen LogP contribution in [-0.2, 0) is 12.8 Å². The molecule has 0 fully saturated rings. The molecule has 0 amide bonds. The standard InChI is InChI=1S/C23H26N4O2S/c1-4-16-6-5-7-17-18(13-25-22(16)17)19-14-30-23(27-26-19)24-11-10-15-8-9-20(28-2)21(12-15)29-3/h5-9,12-13,25H,4,10-11,14H2,1-3H3,(H,24,27). The lowest BCUT2D eigenvalue weighted by molar-refractivity contribution is 0.354. The van der Waals surface area contributed by atoms with E-state index in [1.165, 1.54) is 16.5 Å². The molecular weight excluding hydrogens is 396 g/mol. The number of aromatic amines is 1. The third kappa shape index (κ3) is 4.16. The van der Waals surface area contributed by atoms with E-state index in [-0.39, 0.29) is 0 Å². The minimum Gasteiger partial charge on any atom is -0.493 e. The van der Waals surface area contributed by atoms with Crippen molar-refractivity contribution >= 4 is 33.5 Å². The molecule has 1 aliphatic heterocycles. The second-order valence-electron chi connectivity index (χ2n) is 6.98. The smallest absolute Gasteiger partial charge is 0.177 e. The van der Waals surface area contributed by atoms with Crippen LogP contribution in [0.4, 0.5) is 0 Å². The van der Waals surface area contributed by atoms with Crippen molar-refractivity contribution in [2.75, 3.05) is 26.5 Å². The van der Waals surface area contributed by atoms with Crippen LogP contribution in [0.25, 0.3) is 10.9 Å². The molecule has 0 spiro atoms. The molecule has 0 saturated carbocycles. The van der Waals surface area contributed by atoms with Crippen LogP contribution in [0.15, 0.2) is 52.7 Å². The third-order valence-electron chi connectivity index (χ3n) is 5.23.